The van der Waals surface area contributed by atoms with E-state index in [1.54, 1.807) is 6.07 Å². The molecule has 1 heterocycles. The summed E-state index contributed by atoms with van der Waals surface area (Å²) in [5.41, 5.74) is 0.791. The molecule has 1 atom stereocenters. The van der Waals surface area contributed by atoms with Gasteiger partial charge >= 0.3 is 0 Å². The zero-order valence-electron chi connectivity index (χ0n) is 9.87. The predicted molar refractivity (Wildman–Crippen MR) is 67.3 cm³/mol. The van der Waals surface area contributed by atoms with E-state index in [0.717, 1.165) is 11.6 Å². The van der Waals surface area contributed by atoms with Gasteiger partial charge in [0.15, 0.2) is 11.6 Å². The fourth-order valence-corrected chi connectivity index (χ4v) is 2.33. The normalized spacial score (nSPS) is 12.6. The molecule has 0 aliphatic heterocycles. The van der Waals surface area contributed by atoms with Crippen molar-refractivity contribution in [1.82, 2.24) is 5.32 Å². The summed E-state index contributed by atoms with van der Waals surface area (Å²) in [7, 11) is 0. The monoisotopic (exact) mass is 287 g/mol. The van der Waals surface area contributed by atoms with Crippen molar-refractivity contribution in [3.05, 3.63) is 57.5 Å². The first-order valence-corrected chi connectivity index (χ1v) is 6.56. The molecule has 102 valence electrons. The van der Waals surface area contributed by atoms with E-state index in [1.165, 1.54) is 11.3 Å². The highest BCUT2D eigenvalue weighted by atomic mass is 32.1. The Morgan fingerprint density at radius 1 is 1.16 bits per heavy atom. The standard InChI is InChI=1S/C13H12F3NOS/c14-10-4-12(16)11(15)3-9(10)5-17-6-13(18)8-1-2-19-7-8/h1-4,7,13,17-18H,5-6H2. The Hall–Kier alpha value is -1.37. The molecule has 19 heavy (non-hydrogen) atoms. The molecule has 0 amide bonds. The first kappa shape index (κ1) is 14.0. The van der Waals surface area contributed by atoms with E-state index in [-0.39, 0.29) is 18.7 Å². The first-order chi connectivity index (χ1) is 9.08. The number of hydrogen-bond acceptors (Lipinski definition) is 3. The minimum absolute atomic E-state index is 0.0181. The van der Waals surface area contributed by atoms with Gasteiger partial charge in [0.2, 0.25) is 0 Å². The van der Waals surface area contributed by atoms with Gasteiger partial charge in [-0.15, -0.1) is 0 Å². The van der Waals surface area contributed by atoms with E-state index in [4.69, 9.17) is 0 Å². The number of thiophene rings is 1. The number of aliphatic hydroxyl groups is 1. The van der Waals surface area contributed by atoms with Crippen LogP contribution in [-0.4, -0.2) is 11.7 Å². The van der Waals surface area contributed by atoms with E-state index >= 15 is 0 Å². The van der Waals surface area contributed by atoms with E-state index in [9.17, 15) is 18.3 Å². The van der Waals surface area contributed by atoms with Crippen LogP contribution in [-0.2, 0) is 6.54 Å². The topological polar surface area (TPSA) is 32.3 Å². The molecule has 6 heteroatoms. The second kappa shape index (κ2) is 6.18. The molecule has 0 bridgehead atoms. The van der Waals surface area contributed by atoms with Crippen molar-refractivity contribution >= 4 is 11.3 Å². The van der Waals surface area contributed by atoms with Gasteiger partial charge in [0, 0.05) is 24.7 Å². The maximum atomic E-state index is 13.3. The molecule has 2 nitrogen and oxygen atoms in total. The van der Waals surface area contributed by atoms with Gasteiger partial charge < -0.3 is 10.4 Å². The molecule has 0 saturated heterocycles. The number of hydrogen-bond donors (Lipinski definition) is 2. The number of rotatable bonds is 5. The molecule has 1 aromatic carbocycles. The maximum Gasteiger partial charge on any atom is 0.161 e. The summed E-state index contributed by atoms with van der Waals surface area (Å²) in [4.78, 5) is 0. The highest BCUT2D eigenvalue weighted by Gasteiger charge is 2.11. The Morgan fingerprint density at radius 2 is 1.89 bits per heavy atom. The summed E-state index contributed by atoms with van der Waals surface area (Å²) in [5, 5.41) is 16.2. The Balaban J connectivity index is 1.91. The van der Waals surface area contributed by atoms with Crippen LogP contribution in [0.3, 0.4) is 0 Å². The maximum absolute atomic E-state index is 13.3. The van der Waals surface area contributed by atoms with Crippen LogP contribution in [0.15, 0.2) is 29.0 Å². The molecule has 0 aliphatic carbocycles. The Labute approximate surface area is 112 Å². The third-order valence-corrected chi connectivity index (χ3v) is 3.37. The molecule has 1 aromatic heterocycles. The van der Waals surface area contributed by atoms with E-state index in [2.05, 4.69) is 5.32 Å². The summed E-state index contributed by atoms with van der Waals surface area (Å²) in [5.74, 6) is -3.10. The Bertz CT molecular complexity index is 545. The van der Waals surface area contributed by atoms with E-state index < -0.39 is 23.6 Å². The van der Waals surface area contributed by atoms with Crippen LogP contribution in [0.5, 0.6) is 0 Å². The molecular weight excluding hydrogens is 275 g/mol. The highest BCUT2D eigenvalue weighted by molar-refractivity contribution is 7.07. The van der Waals surface area contributed by atoms with Crippen LogP contribution in [0.2, 0.25) is 0 Å². The van der Waals surface area contributed by atoms with Crippen molar-refractivity contribution in [2.24, 2.45) is 0 Å². The van der Waals surface area contributed by atoms with Crippen molar-refractivity contribution in [2.75, 3.05) is 6.54 Å². The first-order valence-electron chi connectivity index (χ1n) is 5.62. The van der Waals surface area contributed by atoms with Crippen molar-refractivity contribution in [2.45, 2.75) is 12.6 Å². The van der Waals surface area contributed by atoms with Crippen molar-refractivity contribution in [1.29, 1.82) is 0 Å². The molecule has 0 aliphatic rings. The average Bonchev–Trinajstić information content (AvgIpc) is 2.89. The third kappa shape index (κ3) is 3.56. The molecular formula is C13H12F3NOS. The third-order valence-electron chi connectivity index (χ3n) is 2.67. The zero-order chi connectivity index (χ0) is 13.8. The second-order valence-corrected chi connectivity index (χ2v) is 4.84. The fraction of sp³-hybridized carbons (Fsp3) is 0.231. The molecule has 0 saturated carbocycles. The number of aliphatic hydroxyl groups excluding tert-OH is 1. The van der Waals surface area contributed by atoms with Crippen LogP contribution in [0.4, 0.5) is 13.2 Å². The van der Waals surface area contributed by atoms with Crippen molar-refractivity contribution in [3.63, 3.8) is 0 Å². The summed E-state index contributed by atoms with van der Waals surface area (Å²) in [6, 6.07) is 3.12. The van der Waals surface area contributed by atoms with E-state index in [0.29, 0.717) is 6.07 Å². The van der Waals surface area contributed by atoms with Gasteiger partial charge in [-0.2, -0.15) is 11.3 Å². The van der Waals surface area contributed by atoms with Gasteiger partial charge in [-0.25, -0.2) is 13.2 Å². The van der Waals surface area contributed by atoms with Crippen LogP contribution in [0, 0.1) is 17.5 Å². The molecule has 0 fully saturated rings. The lowest BCUT2D eigenvalue weighted by Crippen LogP contribution is -2.21. The summed E-state index contributed by atoms with van der Waals surface area (Å²) < 4.78 is 39.0. The molecule has 1 unspecified atom stereocenters. The quantitative estimate of drug-likeness (QED) is 0.829. The number of nitrogens with one attached hydrogen (secondary N) is 1. The Morgan fingerprint density at radius 3 is 2.58 bits per heavy atom. The second-order valence-electron chi connectivity index (χ2n) is 4.06. The summed E-state index contributed by atoms with van der Waals surface area (Å²) in [6.45, 7) is 0.222. The molecule has 0 spiro atoms. The summed E-state index contributed by atoms with van der Waals surface area (Å²) in [6.07, 6.45) is -0.709. The summed E-state index contributed by atoms with van der Waals surface area (Å²) >= 11 is 1.46. The average molecular weight is 287 g/mol. The van der Waals surface area contributed by atoms with Crippen molar-refractivity contribution in [3.8, 4) is 0 Å². The molecule has 2 rings (SSSR count). The lowest BCUT2D eigenvalue weighted by atomic mass is 10.1. The van der Waals surface area contributed by atoms with Crippen LogP contribution in [0.1, 0.15) is 17.2 Å². The zero-order valence-corrected chi connectivity index (χ0v) is 10.7. The predicted octanol–water partition coefficient (Wildman–Crippen LogP) is 2.99. The van der Waals surface area contributed by atoms with Gasteiger partial charge in [0.25, 0.3) is 0 Å². The van der Waals surface area contributed by atoms with Gasteiger partial charge in [-0.1, -0.05) is 0 Å². The van der Waals surface area contributed by atoms with E-state index in [1.807, 2.05) is 10.8 Å². The molecule has 0 radical (unpaired) electrons. The minimum Gasteiger partial charge on any atom is -0.387 e. The highest BCUT2D eigenvalue weighted by Crippen LogP contribution is 2.16. The lowest BCUT2D eigenvalue weighted by Gasteiger charge is -2.11. The SMILES string of the molecule is OC(CNCc1cc(F)c(F)cc1F)c1ccsc1. The largest absolute Gasteiger partial charge is 0.387 e. The van der Waals surface area contributed by atoms with Crippen LogP contribution in [0.25, 0.3) is 0 Å². The van der Waals surface area contributed by atoms with Gasteiger partial charge in [-0.3, -0.25) is 0 Å². The smallest absolute Gasteiger partial charge is 0.161 e. The number of benzene rings is 1. The molecule has 2 N–H and O–H groups in total. The Kier molecular flexibility index (Phi) is 4.57. The lowest BCUT2D eigenvalue weighted by molar-refractivity contribution is 0.174. The van der Waals surface area contributed by atoms with Gasteiger partial charge in [0.05, 0.1) is 6.10 Å². The van der Waals surface area contributed by atoms with Gasteiger partial charge in [-0.05, 0) is 28.5 Å². The fourth-order valence-electron chi connectivity index (χ4n) is 1.63. The molecule has 2 aromatic rings. The van der Waals surface area contributed by atoms with Crippen LogP contribution >= 0.6 is 11.3 Å². The van der Waals surface area contributed by atoms with Crippen LogP contribution < -0.4 is 5.32 Å². The van der Waals surface area contributed by atoms with Gasteiger partial charge in [0.1, 0.15) is 5.82 Å². The van der Waals surface area contributed by atoms with Crippen molar-refractivity contribution < 1.29 is 18.3 Å². The minimum atomic E-state index is -1.21. The number of halogens is 3.